The number of rotatable bonds is 8. The van der Waals surface area contributed by atoms with Crippen LogP contribution in [0.15, 0.2) is 24.3 Å². The van der Waals surface area contributed by atoms with E-state index in [2.05, 4.69) is 0 Å². The maximum absolute atomic E-state index is 11.7. The molecule has 3 heteroatoms. The van der Waals surface area contributed by atoms with Crippen LogP contribution in [0.4, 0.5) is 0 Å². The monoisotopic (exact) mass is 250 g/mol. The van der Waals surface area contributed by atoms with E-state index in [1.807, 2.05) is 31.2 Å². The lowest BCUT2D eigenvalue weighted by molar-refractivity contribution is -0.119. The molecule has 0 saturated heterocycles. The van der Waals surface area contributed by atoms with Gasteiger partial charge in [-0.2, -0.15) is 0 Å². The molecule has 0 aliphatic heterocycles. The SMILES string of the molecule is COc1ccc(CCC(=O)CCC(C)OC)cc1. The van der Waals surface area contributed by atoms with E-state index in [1.54, 1.807) is 14.2 Å². The Morgan fingerprint density at radius 1 is 1.17 bits per heavy atom. The minimum absolute atomic E-state index is 0.162. The molecule has 0 radical (unpaired) electrons. The fourth-order valence-corrected chi connectivity index (χ4v) is 1.68. The summed E-state index contributed by atoms with van der Waals surface area (Å²) < 4.78 is 10.2. The number of carbonyl (C=O) groups excluding carboxylic acids is 1. The first-order valence-electron chi connectivity index (χ1n) is 6.33. The fraction of sp³-hybridized carbons (Fsp3) is 0.533. The van der Waals surface area contributed by atoms with Crippen molar-refractivity contribution in [2.75, 3.05) is 14.2 Å². The van der Waals surface area contributed by atoms with Crippen molar-refractivity contribution in [1.82, 2.24) is 0 Å². The van der Waals surface area contributed by atoms with E-state index in [0.29, 0.717) is 18.6 Å². The van der Waals surface area contributed by atoms with Crippen LogP contribution in [0.5, 0.6) is 5.75 Å². The molecular weight excluding hydrogens is 228 g/mol. The Labute approximate surface area is 109 Å². The van der Waals surface area contributed by atoms with Gasteiger partial charge in [0.15, 0.2) is 0 Å². The molecule has 100 valence electrons. The highest BCUT2D eigenvalue weighted by molar-refractivity contribution is 5.78. The Morgan fingerprint density at radius 2 is 1.83 bits per heavy atom. The van der Waals surface area contributed by atoms with Gasteiger partial charge < -0.3 is 9.47 Å². The second kappa shape index (κ2) is 7.88. The Bertz CT molecular complexity index is 357. The van der Waals surface area contributed by atoms with Gasteiger partial charge in [0.2, 0.25) is 0 Å². The van der Waals surface area contributed by atoms with Gasteiger partial charge in [0.1, 0.15) is 11.5 Å². The third kappa shape index (κ3) is 5.32. The number of hydrogen-bond donors (Lipinski definition) is 0. The van der Waals surface area contributed by atoms with Gasteiger partial charge >= 0.3 is 0 Å². The molecule has 0 spiro atoms. The number of aryl methyl sites for hydroxylation is 1. The highest BCUT2D eigenvalue weighted by Crippen LogP contribution is 2.13. The van der Waals surface area contributed by atoms with E-state index in [1.165, 1.54) is 5.56 Å². The summed E-state index contributed by atoms with van der Waals surface area (Å²) >= 11 is 0. The Hall–Kier alpha value is -1.35. The summed E-state index contributed by atoms with van der Waals surface area (Å²) in [4.78, 5) is 11.7. The van der Waals surface area contributed by atoms with Crippen LogP contribution in [0.3, 0.4) is 0 Å². The molecule has 1 unspecified atom stereocenters. The van der Waals surface area contributed by atoms with Gasteiger partial charge in [0, 0.05) is 20.0 Å². The number of Topliss-reactive ketones (excluding diaryl/α,β-unsaturated/α-hetero) is 1. The quantitative estimate of drug-likeness (QED) is 0.711. The standard InChI is InChI=1S/C15H22O3/c1-12(17-2)4-8-14(16)9-5-13-6-10-15(18-3)11-7-13/h6-7,10-12H,4-5,8-9H2,1-3H3. The normalized spacial score (nSPS) is 12.2. The van der Waals surface area contributed by atoms with E-state index in [9.17, 15) is 4.79 Å². The first kappa shape index (κ1) is 14.7. The highest BCUT2D eigenvalue weighted by atomic mass is 16.5. The minimum atomic E-state index is 0.162. The van der Waals surface area contributed by atoms with Crippen molar-refractivity contribution in [2.45, 2.75) is 38.7 Å². The smallest absolute Gasteiger partial charge is 0.133 e. The Morgan fingerprint density at radius 3 is 2.39 bits per heavy atom. The second-order valence-electron chi connectivity index (χ2n) is 4.47. The van der Waals surface area contributed by atoms with Crippen LogP contribution in [0.25, 0.3) is 0 Å². The molecule has 1 aromatic rings. The van der Waals surface area contributed by atoms with Crippen LogP contribution in [-0.4, -0.2) is 26.1 Å². The number of carbonyl (C=O) groups is 1. The summed E-state index contributed by atoms with van der Waals surface area (Å²) in [5.74, 6) is 1.15. The first-order valence-corrected chi connectivity index (χ1v) is 6.33. The van der Waals surface area contributed by atoms with Crippen molar-refractivity contribution < 1.29 is 14.3 Å². The predicted molar refractivity (Wildman–Crippen MR) is 72.0 cm³/mol. The number of ether oxygens (including phenoxy) is 2. The van der Waals surface area contributed by atoms with Crippen molar-refractivity contribution >= 4 is 5.78 Å². The fourth-order valence-electron chi connectivity index (χ4n) is 1.68. The molecule has 0 fully saturated rings. The largest absolute Gasteiger partial charge is 0.497 e. The molecule has 0 bridgehead atoms. The maximum atomic E-state index is 11.7. The van der Waals surface area contributed by atoms with Crippen molar-refractivity contribution in [3.63, 3.8) is 0 Å². The summed E-state index contributed by atoms with van der Waals surface area (Å²) in [7, 11) is 3.32. The molecule has 1 atom stereocenters. The second-order valence-corrected chi connectivity index (χ2v) is 4.47. The van der Waals surface area contributed by atoms with Gasteiger partial charge in [-0.1, -0.05) is 12.1 Å². The van der Waals surface area contributed by atoms with Gasteiger partial charge in [0.25, 0.3) is 0 Å². The van der Waals surface area contributed by atoms with E-state index in [-0.39, 0.29) is 6.10 Å². The van der Waals surface area contributed by atoms with Crippen LogP contribution in [0.1, 0.15) is 31.7 Å². The topological polar surface area (TPSA) is 35.5 Å². The van der Waals surface area contributed by atoms with Crippen LogP contribution >= 0.6 is 0 Å². The van der Waals surface area contributed by atoms with Crippen LogP contribution in [0.2, 0.25) is 0 Å². The summed E-state index contributed by atoms with van der Waals surface area (Å²) in [5, 5.41) is 0. The van der Waals surface area contributed by atoms with Gasteiger partial charge in [-0.3, -0.25) is 4.79 Å². The Kier molecular flexibility index (Phi) is 6.44. The molecule has 1 aromatic carbocycles. The third-order valence-corrected chi connectivity index (χ3v) is 3.08. The van der Waals surface area contributed by atoms with E-state index >= 15 is 0 Å². The number of benzene rings is 1. The Balaban J connectivity index is 2.29. The van der Waals surface area contributed by atoms with E-state index < -0.39 is 0 Å². The van der Waals surface area contributed by atoms with Crippen molar-refractivity contribution in [2.24, 2.45) is 0 Å². The van der Waals surface area contributed by atoms with Gasteiger partial charge in [-0.05, 0) is 37.5 Å². The number of hydrogen-bond acceptors (Lipinski definition) is 3. The predicted octanol–water partition coefficient (Wildman–Crippen LogP) is 3.01. The molecule has 0 aliphatic rings. The molecule has 3 nitrogen and oxygen atoms in total. The van der Waals surface area contributed by atoms with Crippen molar-refractivity contribution in [3.8, 4) is 5.75 Å². The van der Waals surface area contributed by atoms with Crippen LogP contribution in [-0.2, 0) is 16.0 Å². The molecular formula is C15H22O3. The minimum Gasteiger partial charge on any atom is -0.497 e. The van der Waals surface area contributed by atoms with E-state index in [0.717, 1.165) is 18.6 Å². The van der Waals surface area contributed by atoms with Crippen LogP contribution in [0, 0.1) is 0 Å². The lowest BCUT2D eigenvalue weighted by atomic mass is 10.0. The van der Waals surface area contributed by atoms with E-state index in [4.69, 9.17) is 9.47 Å². The van der Waals surface area contributed by atoms with Gasteiger partial charge in [-0.15, -0.1) is 0 Å². The van der Waals surface area contributed by atoms with Gasteiger partial charge in [-0.25, -0.2) is 0 Å². The first-order chi connectivity index (χ1) is 8.65. The summed E-state index contributed by atoms with van der Waals surface area (Å²) in [6.45, 7) is 1.98. The molecule has 0 amide bonds. The van der Waals surface area contributed by atoms with Crippen LogP contribution < -0.4 is 4.74 Å². The lowest BCUT2D eigenvalue weighted by Gasteiger charge is -2.08. The summed E-state index contributed by atoms with van der Waals surface area (Å²) in [5.41, 5.74) is 1.17. The zero-order valence-corrected chi connectivity index (χ0v) is 11.4. The molecule has 0 aliphatic carbocycles. The molecule has 1 rings (SSSR count). The zero-order chi connectivity index (χ0) is 13.4. The molecule has 18 heavy (non-hydrogen) atoms. The van der Waals surface area contributed by atoms with Crippen molar-refractivity contribution in [1.29, 1.82) is 0 Å². The van der Waals surface area contributed by atoms with Crippen molar-refractivity contribution in [3.05, 3.63) is 29.8 Å². The summed E-state index contributed by atoms with van der Waals surface area (Å²) in [6, 6.07) is 7.85. The molecule has 0 heterocycles. The maximum Gasteiger partial charge on any atom is 0.133 e. The molecule has 0 saturated carbocycles. The zero-order valence-electron chi connectivity index (χ0n) is 11.4. The lowest BCUT2D eigenvalue weighted by Crippen LogP contribution is -2.09. The third-order valence-electron chi connectivity index (χ3n) is 3.08. The number of methoxy groups -OCH3 is 2. The average molecular weight is 250 g/mol. The summed E-state index contributed by atoms with van der Waals surface area (Å²) in [6.07, 6.45) is 2.96. The average Bonchev–Trinajstić information content (AvgIpc) is 2.42. The molecule has 0 N–H and O–H groups in total. The molecule has 0 aromatic heterocycles. The highest BCUT2D eigenvalue weighted by Gasteiger charge is 2.06. The van der Waals surface area contributed by atoms with Gasteiger partial charge in [0.05, 0.1) is 13.2 Å². The number of ketones is 1.